The van der Waals surface area contributed by atoms with Crippen molar-refractivity contribution in [2.24, 2.45) is 0 Å². The van der Waals surface area contributed by atoms with E-state index < -0.39 is 10.2 Å². The summed E-state index contributed by atoms with van der Waals surface area (Å²) in [6.07, 6.45) is 6.07. The number of piperidine rings is 1. The predicted octanol–water partition coefficient (Wildman–Crippen LogP) is 1.04. The highest BCUT2D eigenvalue weighted by molar-refractivity contribution is 7.87. The molecule has 2 rings (SSSR count). The van der Waals surface area contributed by atoms with Crippen LogP contribution in [0.25, 0.3) is 0 Å². The maximum Gasteiger partial charge on any atom is 0.279 e. The van der Waals surface area contributed by atoms with Crippen LogP contribution in [0.5, 0.6) is 0 Å². The first-order valence-corrected chi connectivity index (χ1v) is 8.18. The van der Waals surface area contributed by atoms with E-state index in [1.165, 1.54) is 5.57 Å². The lowest BCUT2D eigenvalue weighted by Crippen LogP contribution is -2.48. The molecule has 0 aromatic heterocycles. The summed E-state index contributed by atoms with van der Waals surface area (Å²) in [4.78, 5) is 0. The summed E-state index contributed by atoms with van der Waals surface area (Å²) in [5.41, 5.74) is 1.18. The van der Waals surface area contributed by atoms with Crippen molar-refractivity contribution in [2.45, 2.75) is 38.6 Å². The molecule has 0 bridgehead atoms. The zero-order chi connectivity index (χ0) is 13.0. The van der Waals surface area contributed by atoms with Crippen molar-refractivity contribution in [1.82, 2.24) is 14.3 Å². The minimum atomic E-state index is -3.31. The Morgan fingerprint density at radius 3 is 2.89 bits per heavy atom. The summed E-state index contributed by atoms with van der Waals surface area (Å²) in [5, 5.41) is 3.22. The molecule has 2 aliphatic rings. The second-order valence-electron chi connectivity index (χ2n) is 5.10. The van der Waals surface area contributed by atoms with E-state index in [0.717, 1.165) is 38.8 Å². The fraction of sp³-hybridized carbons (Fsp3) is 0.833. The van der Waals surface area contributed by atoms with Crippen LogP contribution in [0.15, 0.2) is 11.6 Å². The third-order valence-electron chi connectivity index (χ3n) is 3.69. The number of halogens is 1. The van der Waals surface area contributed by atoms with Gasteiger partial charge < -0.3 is 5.32 Å². The molecule has 1 atom stereocenters. The Kier molecular flexibility index (Phi) is 6.76. The molecule has 0 spiro atoms. The average Bonchev–Trinajstić information content (AvgIpc) is 2.38. The van der Waals surface area contributed by atoms with Crippen molar-refractivity contribution in [3.05, 3.63) is 11.6 Å². The van der Waals surface area contributed by atoms with Crippen molar-refractivity contribution >= 4 is 22.6 Å². The molecule has 1 unspecified atom stereocenters. The number of nitrogens with zero attached hydrogens (tertiary/aromatic N) is 1. The normalized spacial score (nSPS) is 25.5. The molecule has 0 radical (unpaired) electrons. The summed E-state index contributed by atoms with van der Waals surface area (Å²) in [5.74, 6) is 0. The zero-order valence-electron chi connectivity index (χ0n) is 11.4. The summed E-state index contributed by atoms with van der Waals surface area (Å²) in [6.45, 7) is 4.87. The maximum absolute atomic E-state index is 12.2. The zero-order valence-corrected chi connectivity index (χ0v) is 13.0. The van der Waals surface area contributed by atoms with Crippen LogP contribution in [0.4, 0.5) is 0 Å². The van der Waals surface area contributed by atoms with Crippen molar-refractivity contribution < 1.29 is 8.42 Å². The Labute approximate surface area is 122 Å². The van der Waals surface area contributed by atoms with Gasteiger partial charge in [-0.25, -0.2) is 0 Å². The molecule has 2 heterocycles. The number of hydrogen-bond acceptors (Lipinski definition) is 3. The average molecular weight is 310 g/mol. The summed E-state index contributed by atoms with van der Waals surface area (Å²) in [7, 11) is -3.31. The highest BCUT2D eigenvalue weighted by Crippen LogP contribution is 2.19. The smallest absolute Gasteiger partial charge is 0.279 e. The summed E-state index contributed by atoms with van der Waals surface area (Å²) in [6, 6.07) is 0.123. The molecule has 0 amide bonds. The van der Waals surface area contributed by atoms with E-state index >= 15 is 0 Å². The highest BCUT2D eigenvalue weighted by atomic mass is 35.5. The van der Waals surface area contributed by atoms with E-state index in [1.807, 2.05) is 6.92 Å². The molecule has 2 N–H and O–H groups in total. The van der Waals surface area contributed by atoms with Crippen molar-refractivity contribution in [2.75, 3.05) is 26.2 Å². The molecule has 0 aliphatic carbocycles. The SMILES string of the molecule is CC1CCCCN1S(=O)(=O)NCC1=CCNCC1.Cl. The van der Waals surface area contributed by atoms with Gasteiger partial charge in [-0.15, -0.1) is 12.4 Å². The first kappa shape index (κ1) is 16.9. The Hall–Kier alpha value is -0.140. The Balaban J connectivity index is 0.00000180. The Morgan fingerprint density at radius 2 is 2.26 bits per heavy atom. The van der Waals surface area contributed by atoms with E-state index in [-0.39, 0.29) is 18.4 Å². The summed E-state index contributed by atoms with van der Waals surface area (Å²) >= 11 is 0. The summed E-state index contributed by atoms with van der Waals surface area (Å²) < 4.78 is 28.8. The quantitative estimate of drug-likeness (QED) is 0.763. The molecular weight excluding hydrogens is 286 g/mol. The van der Waals surface area contributed by atoms with Crippen LogP contribution in [0.2, 0.25) is 0 Å². The third-order valence-corrected chi connectivity index (χ3v) is 5.36. The van der Waals surface area contributed by atoms with Crippen LogP contribution in [0, 0.1) is 0 Å². The number of hydrogen-bond donors (Lipinski definition) is 2. The van der Waals surface area contributed by atoms with Crippen LogP contribution >= 0.6 is 12.4 Å². The minimum Gasteiger partial charge on any atom is -0.313 e. The van der Waals surface area contributed by atoms with E-state index in [2.05, 4.69) is 16.1 Å². The molecular formula is C12H24ClN3O2S. The van der Waals surface area contributed by atoms with Gasteiger partial charge in [0, 0.05) is 25.7 Å². The lowest BCUT2D eigenvalue weighted by atomic mass is 10.1. The second kappa shape index (κ2) is 7.59. The molecule has 0 saturated carbocycles. The topological polar surface area (TPSA) is 61.4 Å². The lowest BCUT2D eigenvalue weighted by Gasteiger charge is -2.32. The van der Waals surface area contributed by atoms with Gasteiger partial charge in [0.25, 0.3) is 10.2 Å². The van der Waals surface area contributed by atoms with Crippen molar-refractivity contribution in [3.63, 3.8) is 0 Å². The third kappa shape index (κ3) is 4.72. The molecule has 7 heteroatoms. The van der Waals surface area contributed by atoms with E-state index in [9.17, 15) is 8.42 Å². The molecule has 5 nitrogen and oxygen atoms in total. The Bertz CT molecular complexity index is 411. The second-order valence-corrected chi connectivity index (χ2v) is 6.81. The van der Waals surface area contributed by atoms with Gasteiger partial charge in [0.2, 0.25) is 0 Å². The van der Waals surface area contributed by atoms with Crippen LogP contribution in [-0.2, 0) is 10.2 Å². The predicted molar refractivity (Wildman–Crippen MR) is 79.8 cm³/mol. The first-order valence-electron chi connectivity index (χ1n) is 6.74. The highest BCUT2D eigenvalue weighted by Gasteiger charge is 2.29. The molecule has 112 valence electrons. The standard InChI is InChI=1S/C12H23N3O2S.ClH/c1-11-4-2-3-9-15(11)18(16,17)14-10-12-5-7-13-8-6-12;/h5,11,13-14H,2-4,6-10H2,1H3;1H. The van der Waals surface area contributed by atoms with Gasteiger partial charge in [0.05, 0.1) is 0 Å². The fourth-order valence-corrected chi connectivity index (χ4v) is 4.01. The van der Waals surface area contributed by atoms with Gasteiger partial charge in [0.1, 0.15) is 0 Å². The van der Waals surface area contributed by atoms with Gasteiger partial charge in [0.15, 0.2) is 0 Å². The number of nitrogens with one attached hydrogen (secondary N) is 2. The van der Waals surface area contributed by atoms with Crippen LogP contribution in [0.1, 0.15) is 32.6 Å². The first-order chi connectivity index (χ1) is 8.59. The molecule has 1 fully saturated rings. The van der Waals surface area contributed by atoms with E-state index in [4.69, 9.17) is 0 Å². The van der Waals surface area contributed by atoms with Gasteiger partial charge >= 0.3 is 0 Å². The maximum atomic E-state index is 12.2. The molecule has 1 saturated heterocycles. The van der Waals surface area contributed by atoms with Gasteiger partial charge in [-0.2, -0.15) is 17.4 Å². The van der Waals surface area contributed by atoms with Gasteiger partial charge in [-0.1, -0.05) is 18.1 Å². The number of rotatable bonds is 4. The monoisotopic (exact) mass is 309 g/mol. The van der Waals surface area contributed by atoms with E-state index in [0.29, 0.717) is 13.1 Å². The van der Waals surface area contributed by atoms with Crippen molar-refractivity contribution in [1.29, 1.82) is 0 Å². The molecule has 19 heavy (non-hydrogen) atoms. The fourth-order valence-electron chi connectivity index (χ4n) is 2.53. The van der Waals surface area contributed by atoms with Crippen LogP contribution < -0.4 is 10.0 Å². The van der Waals surface area contributed by atoms with Crippen LogP contribution in [-0.4, -0.2) is 44.9 Å². The minimum absolute atomic E-state index is 0. The molecule has 2 aliphatic heterocycles. The molecule has 0 aromatic carbocycles. The lowest BCUT2D eigenvalue weighted by molar-refractivity contribution is 0.266. The van der Waals surface area contributed by atoms with E-state index in [1.54, 1.807) is 4.31 Å². The van der Waals surface area contributed by atoms with Crippen molar-refractivity contribution in [3.8, 4) is 0 Å². The Morgan fingerprint density at radius 1 is 1.47 bits per heavy atom. The van der Waals surface area contributed by atoms with Gasteiger partial charge in [-0.3, -0.25) is 0 Å². The van der Waals surface area contributed by atoms with Gasteiger partial charge in [-0.05, 0) is 32.7 Å². The largest absolute Gasteiger partial charge is 0.313 e. The molecule has 0 aromatic rings. The van der Waals surface area contributed by atoms with Crippen LogP contribution in [0.3, 0.4) is 0 Å².